The van der Waals surface area contributed by atoms with Gasteiger partial charge in [-0.1, -0.05) is 0 Å². The van der Waals surface area contributed by atoms with E-state index >= 15 is 0 Å². The first-order chi connectivity index (χ1) is 12.1. The number of hydrogen-bond donors (Lipinski definition) is 2. The van der Waals surface area contributed by atoms with E-state index in [-0.39, 0.29) is 17.8 Å². The fraction of sp³-hybridized carbons (Fsp3) is 0.556. The van der Waals surface area contributed by atoms with Crippen LogP contribution in [-0.2, 0) is 14.4 Å². The number of nitrogens with one attached hydrogen (secondary N) is 2. The Morgan fingerprint density at radius 1 is 1.08 bits per heavy atom. The molecule has 2 N–H and O–H groups in total. The van der Waals surface area contributed by atoms with E-state index in [1.165, 1.54) is 12.6 Å². The molecule has 0 saturated carbocycles. The molecule has 0 radical (unpaired) electrons. The predicted molar refractivity (Wildman–Crippen MR) is 96.2 cm³/mol. The smallest absolute Gasteiger partial charge is 0.322 e. The first-order valence-electron chi connectivity index (χ1n) is 8.92. The molecule has 0 unspecified atom stereocenters. The second-order valence-corrected chi connectivity index (χ2v) is 6.56. The van der Waals surface area contributed by atoms with Gasteiger partial charge < -0.3 is 20.4 Å². The number of piperazine rings is 1. The van der Waals surface area contributed by atoms with Crippen LogP contribution in [0.5, 0.6) is 0 Å². The Morgan fingerprint density at radius 3 is 2.32 bits per heavy atom. The number of piperidine rings is 1. The average molecular weight is 346 g/mol. The Balaban J connectivity index is 1.49. The Labute approximate surface area is 148 Å². The summed E-state index contributed by atoms with van der Waals surface area (Å²) >= 11 is 0. The third-order valence-electron chi connectivity index (χ3n) is 4.70. The Hall–Kier alpha value is -2.12. The van der Waals surface area contributed by atoms with E-state index in [1.54, 1.807) is 5.06 Å². The summed E-state index contributed by atoms with van der Waals surface area (Å²) in [7, 11) is 0. The van der Waals surface area contributed by atoms with Crippen LogP contribution in [0.1, 0.15) is 19.8 Å². The summed E-state index contributed by atoms with van der Waals surface area (Å²) in [6.07, 6.45) is 1.38. The van der Waals surface area contributed by atoms with Gasteiger partial charge >= 0.3 is 5.97 Å². The van der Waals surface area contributed by atoms with Crippen LogP contribution >= 0.6 is 0 Å². The van der Waals surface area contributed by atoms with E-state index in [9.17, 15) is 9.59 Å². The normalized spacial score (nSPS) is 19.5. The average Bonchev–Trinajstić information content (AvgIpc) is 2.63. The summed E-state index contributed by atoms with van der Waals surface area (Å²) in [4.78, 5) is 30.8. The number of benzene rings is 1. The summed E-state index contributed by atoms with van der Waals surface area (Å²) < 4.78 is 0. The van der Waals surface area contributed by atoms with Crippen molar-refractivity contribution >= 4 is 23.3 Å². The zero-order valence-electron chi connectivity index (χ0n) is 14.7. The SMILES string of the molecule is CC(=O)ON1CCC(C(=O)Nc2ccc(N3CCNCC3)cc2)CC1. The molecule has 2 saturated heterocycles. The van der Waals surface area contributed by atoms with Crippen LogP contribution in [0.25, 0.3) is 0 Å². The van der Waals surface area contributed by atoms with Crippen LogP contribution in [0.15, 0.2) is 24.3 Å². The predicted octanol–water partition coefficient (Wildman–Crippen LogP) is 1.22. The van der Waals surface area contributed by atoms with Crippen molar-refractivity contribution in [2.75, 3.05) is 49.5 Å². The third kappa shape index (κ3) is 4.93. The zero-order valence-corrected chi connectivity index (χ0v) is 14.7. The number of carbonyl (C=O) groups is 2. The maximum atomic E-state index is 12.4. The molecule has 3 rings (SSSR count). The maximum absolute atomic E-state index is 12.4. The number of anilines is 2. The summed E-state index contributed by atoms with van der Waals surface area (Å²) in [5, 5.41) is 7.98. The van der Waals surface area contributed by atoms with E-state index < -0.39 is 0 Å². The van der Waals surface area contributed by atoms with Crippen molar-refractivity contribution < 1.29 is 14.4 Å². The van der Waals surface area contributed by atoms with Crippen molar-refractivity contribution in [3.05, 3.63) is 24.3 Å². The highest BCUT2D eigenvalue weighted by molar-refractivity contribution is 5.92. The van der Waals surface area contributed by atoms with Crippen LogP contribution in [-0.4, -0.2) is 56.2 Å². The Kier molecular flexibility index (Phi) is 5.88. The standard InChI is InChI=1S/C18H26N4O3/c1-14(23)25-22-10-6-15(7-11-22)18(24)20-16-2-4-17(5-3-16)21-12-8-19-9-13-21/h2-5,15,19H,6-13H2,1H3,(H,20,24). The van der Waals surface area contributed by atoms with Gasteiger partial charge in [-0.15, -0.1) is 5.06 Å². The first-order valence-corrected chi connectivity index (χ1v) is 8.92. The van der Waals surface area contributed by atoms with Crippen molar-refractivity contribution in [1.82, 2.24) is 10.4 Å². The lowest BCUT2D eigenvalue weighted by Gasteiger charge is -2.30. The van der Waals surface area contributed by atoms with Crippen molar-refractivity contribution in [3.8, 4) is 0 Å². The number of carbonyl (C=O) groups excluding carboxylic acids is 2. The summed E-state index contributed by atoms with van der Waals surface area (Å²) in [6.45, 7) is 6.61. The molecule has 0 aromatic heterocycles. The molecule has 0 bridgehead atoms. The second kappa shape index (κ2) is 8.31. The van der Waals surface area contributed by atoms with Gasteiger partial charge in [-0.05, 0) is 37.1 Å². The molecule has 1 aromatic rings. The fourth-order valence-corrected chi connectivity index (χ4v) is 3.31. The van der Waals surface area contributed by atoms with Crippen LogP contribution in [0.4, 0.5) is 11.4 Å². The molecule has 7 heteroatoms. The van der Waals surface area contributed by atoms with Crippen LogP contribution in [0, 0.1) is 5.92 Å². The molecule has 136 valence electrons. The van der Waals surface area contributed by atoms with E-state index in [0.29, 0.717) is 25.9 Å². The number of amides is 1. The molecular weight excluding hydrogens is 320 g/mol. The molecule has 25 heavy (non-hydrogen) atoms. The monoisotopic (exact) mass is 346 g/mol. The van der Waals surface area contributed by atoms with Gasteiger partial charge in [-0.25, -0.2) is 0 Å². The van der Waals surface area contributed by atoms with Gasteiger partial charge in [0, 0.05) is 63.5 Å². The maximum Gasteiger partial charge on any atom is 0.322 e. The molecule has 2 aliphatic rings. The molecular formula is C18H26N4O3. The van der Waals surface area contributed by atoms with Crippen LogP contribution in [0.3, 0.4) is 0 Å². The molecule has 7 nitrogen and oxygen atoms in total. The molecule has 0 atom stereocenters. The fourth-order valence-electron chi connectivity index (χ4n) is 3.31. The minimum absolute atomic E-state index is 0.0393. The lowest BCUT2D eigenvalue weighted by Crippen LogP contribution is -2.43. The summed E-state index contributed by atoms with van der Waals surface area (Å²) in [6, 6.07) is 8.04. The van der Waals surface area contributed by atoms with Gasteiger partial charge in [0.2, 0.25) is 5.91 Å². The molecule has 2 aliphatic heterocycles. The number of rotatable bonds is 4. The largest absolute Gasteiger partial charge is 0.369 e. The highest BCUT2D eigenvalue weighted by Gasteiger charge is 2.26. The minimum Gasteiger partial charge on any atom is -0.369 e. The van der Waals surface area contributed by atoms with E-state index in [1.807, 2.05) is 12.1 Å². The highest BCUT2D eigenvalue weighted by Crippen LogP contribution is 2.22. The van der Waals surface area contributed by atoms with Gasteiger partial charge in [0.1, 0.15) is 0 Å². The molecule has 0 aliphatic carbocycles. The van der Waals surface area contributed by atoms with Gasteiger partial charge in [0.15, 0.2) is 0 Å². The first kappa shape index (κ1) is 17.7. The van der Waals surface area contributed by atoms with Crippen molar-refractivity contribution in [1.29, 1.82) is 0 Å². The van der Waals surface area contributed by atoms with E-state index in [2.05, 4.69) is 27.7 Å². The number of hydroxylamine groups is 2. The lowest BCUT2D eigenvalue weighted by molar-refractivity contribution is -0.193. The van der Waals surface area contributed by atoms with Crippen molar-refractivity contribution in [2.24, 2.45) is 5.92 Å². The van der Waals surface area contributed by atoms with Crippen LogP contribution in [0.2, 0.25) is 0 Å². The quantitative estimate of drug-likeness (QED) is 0.854. The Bertz CT molecular complexity index is 591. The molecule has 0 spiro atoms. The molecule has 1 aromatic carbocycles. The third-order valence-corrected chi connectivity index (χ3v) is 4.70. The zero-order chi connectivity index (χ0) is 17.6. The summed E-state index contributed by atoms with van der Waals surface area (Å²) in [5.74, 6) is -0.315. The molecule has 1 amide bonds. The van der Waals surface area contributed by atoms with Gasteiger partial charge in [0.25, 0.3) is 0 Å². The second-order valence-electron chi connectivity index (χ2n) is 6.56. The van der Waals surface area contributed by atoms with Gasteiger partial charge in [-0.2, -0.15) is 0 Å². The van der Waals surface area contributed by atoms with Crippen molar-refractivity contribution in [2.45, 2.75) is 19.8 Å². The van der Waals surface area contributed by atoms with E-state index in [0.717, 1.165) is 31.9 Å². The molecule has 2 fully saturated rings. The Morgan fingerprint density at radius 2 is 1.72 bits per heavy atom. The van der Waals surface area contributed by atoms with Crippen LogP contribution < -0.4 is 15.5 Å². The van der Waals surface area contributed by atoms with Crippen molar-refractivity contribution in [3.63, 3.8) is 0 Å². The lowest BCUT2D eigenvalue weighted by atomic mass is 9.97. The minimum atomic E-state index is -0.313. The molecule has 2 heterocycles. The van der Waals surface area contributed by atoms with Gasteiger partial charge in [0.05, 0.1) is 0 Å². The topological polar surface area (TPSA) is 73.9 Å². The number of hydrogen-bond acceptors (Lipinski definition) is 6. The van der Waals surface area contributed by atoms with E-state index in [4.69, 9.17) is 4.84 Å². The number of nitrogens with zero attached hydrogens (tertiary/aromatic N) is 2. The highest BCUT2D eigenvalue weighted by atomic mass is 16.7. The van der Waals surface area contributed by atoms with Gasteiger partial charge in [-0.3, -0.25) is 9.59 Å². The summed E-state index contributed by atoms with van der Waals surface area (Å²) in [5.41, 5.74) is 2.01.